The summed E-state index contributed by atoms with van der Waals surface area (Å²) in [4.78, 5) is 20.9. The van der Waals surface area contributed by atoms with Gasteiger partial charge < -0.3 is 10.6 Å². The maximum absolute atomic E-state index is 4.91. The highest BCUT2D eigenvalue weighted by Crippen LogP contribution is 2.39. The molecule has 0 aromatic carbocycles. The summed E-state index contributed by atoms with van der Waals surface area (Å²) in [6.07, 6.45) is 12.2. The Balaban J connectivity index is 1.64. The van der Waals surface area contributed by atoms with Crippen molar-refractivity contribution >= 4 is 27.4 Å². The predicted molar refractivity (Wildman–Crippen MR) is 105 cm³/mol. The molecule has 7 heteroatoms. The molecule has 2 aliphatic rings. The van der Waals surface area contributed by atoms with Crippen LogP contribution in [-0.2, 0) is 12.8 Å². The molecule has 134 valence electrons. The first-order valence-electron chi connectivity index (χ1n) is 9.44. The number of hydrogen-bond acceptors (Lipinski definition) is 7. The number of piperidine rings is 1. The number of thiophene rings is 1. The van der Waals surface area contributed by atoms with Crippen LogP contribution in [0.25, 0.3) is 21.7 Å². The van der Waals surface area contributed by atoms with Gasteiger partial charge in [0.05, 0.1) is 11.6 Å². The lowest BCUT2D eigenvalue weighted by atomic mass is 9.96. The van der Waals surface area contributed by atoms with Gasteiger partial charge in [-0.05, 0) is 57.2 Å². The van der Waals surface area contributed by atoms with E-state index >= 15 is 0 Å². The minimum absolute atomic E-state index is 0.461. The van der Waals surface area contributed by atoms with E-state index in [-0.39, 0.29) is 0 Å². The minimum atomic E-state index is 0.461. The van der Waals surface area contributed by atoms with E-state index in [4.69, 9.17) is 9.97 Å². The Bertz CT molecular complexity index is 917. The summed E-state index contributed by atoms with van der Waals surface area (Å²) in [7, 11) is 0. The van der Waals surface area contributed by atoms with Gasteiger partial charge in [-0.1, -0.05) is 0 Å². The molecule has 0 radical (unpaired) electrons. The fourth-order valence-corrected chi connectivity index (χ4v) is 5.21. The average Bonchev–Trinajstić information content (AvgIpc) is 3.08. The molecule has 26 heavy (non-hydrogen) atoms. The molecule has 0 saturated carbocycles. The van der Waals surface area contributed by atoms with Crippen LogP contribution in [0.3, 0.4) is 0 Å². The quantitative estimate of drug-likeness (QED) is 0.741. The van der Waals surface area contributed by atoms with Crippen LogP contribution in [0.5, 0.6) is 0 Å². The first-order valence-corrected chi connectivity index (χ1v) is 10.3. The number of aromatic nitrogens is 4. The van der Waals surface area contributed by atoms with E-state index in [0.717, 1.165) is 48.7 Å². The Morgan fingerprint density at radius 2 is 1.96 bits per heavy atom. The van der Waals surface area contributed by atoms with Gasteiger partial charge in [-0.25, -0.2) is 15.0 Å². The Morgan fingerprint density at radius 1 is 1.08 bits per heavy atom. The molecule has 0 atom stereocenters. The third kappa shape index (κ3) is 2.95. The predicted octanol–water partition coefficient (Wildman–Crippen LogP) is 3.19. The van der Waals surface area contributed by atoms with Crippen LogP contribution < -0.4 is 10.6 Å². The maximum atomic E-state index is 4.91. The van der Waals surface area contributed by atoms with Crippen LogP contribution in [0.15, 0.2) is 18.6 Å². The Hall–Kier alpha value is -2.12. The van der Waals surface area contributed by atoms with E-state index in [1.165, 1.54) is 35.1 Å². The first-order chi connectivity index (χ1) is 12.9. The smallest absolute Gasteiger partial charge is 0.183 e. The summed E-state index contributed by atoms with van der Waals surface area (Å²) < 4.78 is 0. The lowest BCUT2D eigenvalue weighted by Gasteiger charge is -2.25. The molecule has 0 bridgehead atoms. The molecular formula is C19H22N6S. The SMILES string of the molecule is c1cnc(-c2nc(NC3CCNCC3)c3c4c(sc3n2)CCCC4)cn1. The number of nitrogens with zero attached hydrogens (tertiary/aromatic N) is 4. The number of hydrogen-bond donors (Lipinski definition) is 2. The van der Waals surface area contributed by atoms with Crippen molar-refractivity contribution in [3.63, 3.8) is 0 Å². The van der Waals surface area contributed by atoms with Crippen molar-refractivity contribution in [2.24, 2.45) is 0 Å². The molecule has 4 heterocycles. The maximum Gasteiger partial charge on any atom is 0.183 e. The molecule has 1 saturated heterocycles. The third-order valence-electron chi connectivity index (χ3n) is 5.29. The number of anilines is 1. The highest BCUT2D eigenvalue weighted by atomic mass is 32.1. The number of aryl methyl sites for hydroxylation is 2. The van der Waals surface area contributed by atoms with Crippen molar-refractivity contribution < 1.29 is 0 Å². The second kappa shape index (κ2) is 6.89. The molecule has 6 nitrogen and oxygen atoms in total. The highest BCUT2D eigenvalue weighted by Gasteiger charge is 2.23. The van der Waals surface area contributed by atoms with E-state index in [2.05, 4.69) is 20.6 Å². The molecule has 2 N–H and O–H groups in total. The molecule has 1 aliphatic heterocycles. The van der Waals surface area contributed by atoms with Gasteiger partial charge in [-0.15, -0.1) is 11.3 Å². The van der Waals surface area contributed by atoms with Crippen molar-refractivity contribution in [2.45, 2.75) is 44.6 Å². The van der Waals surface area contributed by atoms with Crippen LogP contribution in [0.2, 0.25) is 0 Å². The van der Waals surface area contributed by atoms with Gasteiger partial charge >= 0.3 is 0 Å². The Kier molecular flexibility index (Phi) is 4.26. The van der Waals surface area contributed by atoms with E-state index < -0.39 is 0 Å². The lowest BCUT2D eigenvalue weighted by molar-refractivity contribution is 0.478. The monoisotopic (exact) mass is 366 g/mol. The van der Waals surface area contributed by atoms with E-state index in [1.54, 1.807) is 18.6 Å². The van der Waals surface area contributed by atoms with Crippen molar-refractivity contribution in [1.82, 2.24) is 25.3 Å². The fraction of sp³-hybridized carbons (Fsp3) is 0.474. The summed E-state index contributed by atoms with van der Waals surface area (Å²) in [6, 6.07) is 0.461. The van der Waals surface area contributed by atoms with E-state index in [9.17, 15) is 0 Å². The summed E-state index contributed by atoms with van der Waals surface area (Å²) in [5.41, 5.74) is 2.20. The van der Waals surface area contributed by atoms with Gasteiger partial charge in [0.1, 0.15) is 16.3 Å². The van der Waals surface area contributed by atoms with Crippen LogP contribution in [0.1, 0.15) is 36.1 Å². The second-order valence-electron chi connectivity index (χ2n) is 7.05. The van der Waals surface area contributed by atoms with Gasteiger partial charge in [0.25, 0.3) is 0 Å². The average molecular weight is 366 g/mol. The molecule has 1 aliphatic carbocycles. The largest absolute Gasteiger partial charge is 0.367 e. The summed E-state index contributed by atoms with van der Waals surface area (Å²) in [6.45, 7) is 2.12. The van der Waals surface area contributed by atoms with E-state index in [1.807, 2.05) is 11.3 Å². The van der Waals surface area contributed by atoms with Crippen LogP contribution in [0.4, 0.5) is 5.82 Å². The van der Waals surface area contributed by atoms with Crippen molar-refractivity contribution in [1.29, 1.82) is 0 Å². The van der Waals surface area contributed by atoms with Gasteiger partial charge in [0.2, 0.25) is 0 Å². The van der Waals surface area contributed by atoms with Crippen molar-refractivity contribution in [2.75, 3.05) is 18.4 Å². The van der Waals surface area contributed by atoms with Crippen molar-refractivity contribution in [3.05, 3.63) is 29.0 Å². The van der Waals surface area contributed by atoms with Gasteiger partial charge in [0.15, 0.2) is 5.82 Å². The Morgan fingerprint density at radius 3 is 2.81 bits per heavy atom. The zero-order valence-corrected chi connectivity index (χ0v) is 15.5. The van der Waals surface area contributed by atoms with Crippen molar-refractivity contribution in [3.8, 4) is 11.5 Å². The zero-order valence-electron chi connectivity index (χ0n) is 14.7. The molecule has 1 fully saturated rings. The number of fused-ring (bicyclic) bond motifs is 3. The summed E-state index contributed by atoms with van der Waals surface area (Å²) in [5, 5.41) is 8.41. The minimum Gasteiger partial charge on any atom is -0.367 e. The third-order valence-corrected chi connectivity index (χ3v) is 6.47. The second-order valence-corrected chi connectivity index (χ2v) is 8.13. The van der Waals surface area contributed by atoms with Gasteiger partial charge in [-0.2, -0.15) is 0 Å². The topological polar surface area (TPSA) is 75.6 Å². The highest BCUT2D eigenvalue weighted by molar-refractivity contribution is 7.19. The van der Waals surface area contributed by atoms with Crippen LogP contribution in [-0.4, -0.2) is 39.1 Å². The summed E-state index contributed by atoms with van der Waals surface area (Å²) in [5.74, 6) is 1.66. The van der Waals surface area contributed by atoms with Gasteiger partial charge in [0, 0.05) is 23.3 Å². The van der Waals surface area contributed by atoms with E-state index in [0.29, 0.717) is 11.9 Å². The van der Waals surface area contributed by atoms with Crippen LogP contribution >= 0.6 is 11.3 Å². The molecule has 0 amide bonds. The standard InChI is InChI=1S/C19H22N6S/c1-2-4-15-13(3-1)16-18(23-12-5-7-20-8-6-12)24-17(25-19(16)26-15)14-11-21-9-10-22-14/h9-12,20H,1-8H2,(H,23,24,25). The molecule has 5 rings (SSSR count). The summed E-state index contributed by atoms with van der Waals surface area (Å²) >= 11 is 1.83. The molecule has 3 aromatic rings. The van der Waals surface area contributed by atoms with Gasteiger partial charge in [-0.3, -0.25) is 4.98 Å². The Labute approximate surface area is 156 Å². The normalized spacial score (nSPS) is 18.0. The first kappa shape index (κ1) is 16.1. The molecular weight excluding hydrogens is 344 g/mol. The van der Waals surface area contributed by atoms with Crippen LogP contribution in [0, 0.1) is 0 Å². The zero-order chi connectivity index (χ0) is 17.3. The number of nitrogens with one attached hydrogen (secondary N) is 2. The molecule has 0 spiro atoms. The molecule has 0 unspecified atom stereocenters. The molecule has 3 aromatic heterocycles. The lowest BCUT2D eigenvalue weighted by Crippen LogP contribution is -2.35. The fourth-order valence-electron chi connectivity index (χ4n) is 3.95. The number of rotatable bonds is 3.